The summed E-state index contributed by atoms with van der Waals surface area (Å²) in [5.74, 6) is 0. The van der Waals surface area contributed by atoms with E-state index >= 15 is 0 Å². The zero-order valence-corrected chi connectivity index (χ0v) is 12.0. The van der Waals surface area contributed by atoms with Crippen LogP contribution in [0.4, 0.5) is 17.1 Å². The molecule has 21 heavy (non-hydrogen) atoms. The van der Waals surface area contributed by atoms with Gasteiger partial charge in [-0.3, -0.25) is 25.7 Å². The maximum absolute atomic E-state index is 10.9. The zero-order valence-electron chi connectivity index (χ0n) is 12.0. The van der Waals surface area contributed by atoms with Crippen LogP contribution in [0.5, 0.6) is 0 Å². The highest BCUT2D eigenvalue weighted by Gasteiger charge is 2.19. The molecule has 1 N–H and O–H groups in total. The molecule has 114 valence electrons. The number of hydrazone groups is 1. The van der Waals surface area contributed by atoms with Crippen LogP contribution in [-0.4, -0.2) is 15.6 Å². The third kappa shape index (κ3) is 5.17. The number of hydrogen-bond donors (Lipinski definition) is 1. The van der Waals surface area contributed by atoms with Gasteiger partial charge in [0.15, 0.2) is 0 Å². The van der Waals surface area contributed by atoms with Crippen molar-refractivity contribution in [1.29, 1.82) is 0 Å². The first-order chi connectivity index (χ1) is 9.95. The van der Waals surface area contributed by atoms with Crippen molar-refractivity contribution >= 4 is 22.8 Å². The Balaban J connectivity index is 2.85. The summed E-state index contributed by atoms with van der Waals surface area (Å²) < 4.78 is 0. The summed E-state index contributed by atoms with van der Waals surface area (Å²) in [7, 11) is 0. The maximum Gasteiger partial charge on any atom is 0.301 e. The number of nitrogens with one attached hydrogen (secondary N) is 1. The fourth-order valence-electron chi connectivity index (χ4n) is 1.72. The lowest BCUT2D eigenvalue weighted by molar-refractivity contribution is -0.393. The Kier molecular flexibility index (Phi) is 6.25. The highest BCUT2D eigenvalue weighted by atomic mass is 16.6. The van der Waals surface area contributed by atoms with Crippen LogP contribution in [-0.2, 0) is 0 Å². The summed E-state index contributed by atoms with van der Waals surface area (Å²) >= 11 is 0. The molecule has 1 rings (SSSR count). The first-order valence-corrected chi connectivity index (χ1v) is 6.67. The lowest BCUT2D eigenvalue weighted by Crippen LogP contribution is -2.01. The van der Waals surface area contributed by atoms with Crippen molar-refractivity contribution in [2.75, 3.05) is 5.43 Å². The number of nitro benzene ring substituents is 2. The molecular weight excluding hydrogens is 276 g/mol. The molecule has 1 aromatic rings. The van der Waals surface area contributed by atoms with Gasteiger partial charge in [0.2, 0.25) is 0 Å². The number of hydrogen-bond acceptors (Lipinski definition) is 6. The molecule has 0 heterocycles. The number of nitro groups is 2. The fourth-order valence-corrected chi connectivity index (χ4v) is 1.72. The molecule has 0 bridgehead atoms. The largest absolute Gasteiger partial charge is 0.301 e. The zero-order chi connectivity index (χ0) is 15.8. The van der Waals surface area contributed by atoms with Gasteiger partial charge in [0.1, 0.15) is 5.69 Å². The van der Waals surface area contributed by atoms with Gasteiger partial charge in [-0.1, -0.05) is 19.8 Å². The van der Waals surface area contributed by atoms with Crippen LogP contribution in [0.2, 0.25) is 0 Å². The molecule has 1 aromatic carbocycles. The van der Waals surface area contributed by atoms with E-state index in [1.165, 1.54) is 12.1 Å². The third-order valence-corrected chi connectivity index (χ3v) is 2.90. The van der Waals surface area contributed by atoms with E-state index < -0.39 is 9.85 Å². The van der Waals surface area contributed by atoms with Gasteiger partial charge in [-0.05, 0) is 25.8 Å². The van der Waals surface area contributed by atoms with Crippen LogP contribution in [0.1, 0.15) is 39.5 Å². The molecule has 0 radical (unpaired) electrons. The Labute approximate surface area is 122 Å². The molecule has 0 aliphatic heterocycles. The summed E-state index contributed by atoms with van der Waals surface area (Å²) in [4.78, 5) is 20.2. The van der Waals surface area contributed by atoms with E-state index in [1.54, 1.807) is 0 Å². The Bertz CT molecular complexity index is 557. The molecule has 0 atom stereocenters. The van der Waals surface area contributed by atoms with Crippen LogP contribution in [0.15, 0.2) is 23.3 Å². The lowest BCUT2D eigenvalue weighted by Gasteiger charge is -2.04. The Morgan fingerprint density at radius 1 is 1.24 bits per heavy atom. The van der Waals surface area contributed by atoms with Gasteiger partial charge < -0.3 is 0 Å². The SMILES string of the molecule is CCCCC/C(C)=N\Nc1ccc([N+](=O)[O-])cc1[N+](=O)[O-]. The van der Waals surface area contributed by atoms with Gasteiger partial charge >= 0.3 is 5.69 Å². The Hall–Kier alpha value is -2.51. The first kappa shape index (κ1) is 16.5. The first-order valence-electron chi connectivity index (χ1n) is 6.67. The maximum atomic E-state index is 10.9. The van der Waals surface area contributed by atoms with Gasteiger partial charge in [-0.15, -0.1) is 0 Å². The van der Waals surface area contributed by atoms with Crippen molar-refractivity contribution in [1.82, 2.24) is 0 Å². The second-order valence-electron chi connectivity index (χ2n) is 4.63. The minimum absolute atomic E-state index is 0.139. The van der Waals surface area contributed by atoms with E-state index in [0.717, 1.165) is 37.5 Å². The van der Waals surface area contributed by atoms with E-state index in [9.17, 15) is 20.2 Å². The fraction of sp³-hybridized carbons (Fsp3) is 0.462. The molecule has 8 heteroatoms. The second kappa shape index (κ2) is 7.93. The van der Waals surface area contributed by atoms with Crippen LogP contribution >= 0.6 is 0 Å². The molecule has 0 spiro atoms. The summed E-state index contributed by atoms with van der Waals surface area (Å²) in [5, 5.41) is 25.7. The predicted molar refractivity (Wildman–Crippen MR) is 80.6 cm³/mol. The minimum atomic E-state index is -0.671. The van der Waals surface area contributed by atoms with E-state index in [-0.39, 0.29) is 17.1 Å². The summed E-state index contributed by atoms with van der Waals surface area (Å²) in [5.41, 5.74) is 2.89. The van der Waals surface area contributed by atoms with E-state index in [1.807, 2.05) is 6.92 Å². The van der Waals surface area contributed by atoms with E-state index in [4.69, 9.17) is 0 Å². The standard InChI is InChI=1S/C13H18N4O4/c1-3-4-5-6-10(2)14-15-12-8-7-11(16(18)19)9-13(12)17(20)21/h7-9,15H,3-6H2,1-2H3/b14-10-. The smallest absolute Gasteiger partial charge is 0.272 e. The van der Waals surface area contributed by atoms with Crippen molar-refractivity contribution in [3.63, 3.8) is 0 Å². The van der Waals surface area contributed by atoms with Crippen molar-refractivity contribution in [2.24, 2.45) is 5.10 Å². The van der Waals surface area contributed by atoms with Gasteiger partial charge in [-0.2, -0.15) is 5.10 Å². The molecule has 0 fully saturated rings. The molecule has 8 nitrogen and oxygen atoms in total. The van der Waals surface area contributed by atoms with Crippen LogP contribution in [0.25, 0.3) is 0 Å². The molecule has 0 saturated heterocycles. The Morgan fingerprint density at radius 2 is 1.95 bits per heavy atom. The third-order valence-electron chi connectivity index (χ3n) is 2.90. The minimum Gasteiger partial charge on any atom is -0.272 e. The molecular formula is C13H18N4O4. The number of rotatable bonds is 8. The molecule has 0 aromatic heterocycles. The number of benzene rings is 1. The summed E-state index contributed by atoms with van der Waals surface area (Å²) in [6.07, 6.45) is 4.02. The lowest BCUT2D eigenvalue weighted by atomic mass is 10.1. The monoisotopic (exact) mass is 294 g/mol. The van der Waals surface area contributed by atoms with Crippen molar-refractivity contribution in [3.8, 4) is 0 Å². The van der Waals surface area contributed by atoms with E-state index in [2.05, 4.69) is 17.5 Å². The highest BCUT2D eigenvalue weighted by molar-refractivity contribution is 5.83. The van der Waals surface area contributed by atoms with Crippen LogP contribution in [0, 0.1) is 20.2 Å². The average molecular weight is 294 g/mol. The average Bonchev–Trinajstić information content (AvgIpc) is 2.45. The summed E-state index contributed by atoms with van der Waals surface area (Å²) in [6, 6.07) is 3.42. The van der Waals surface area contributed by atoms with Gasteiger partial charge in [0, 0.05) is 11.8 Å². The van der Waals surface area contributed by atoms with Crippen molar-refractivity contribution < 1.29 is 9.85 Å². The predicted octanol–water partition coefficient (Wildman–Crippen LogP) is 3.87. The van der Waals surface area contributed by atoms with Crippen molar-refractivity contribution in [3.05, 3.63) is 38.4 Å². The van der Waals surface area contributed by atoms with E-state index in [0.29, 0.717) is 0 Å². The molecule has 0 aliphatic carbocycles. The number of non-ortho nitro benzene ring substituents is 1. The van der Waals surface area contributed by atoms with Crippen molar-refractivity contribution in [2.45, 2.75) is 39.5 Å². The second-order valence-corrected chi connectivity index (χ2v) is 4.63. The molecule has 0 unspecified atom stereocenters. The highest BCUT2D eigenvalue weighted by Crippen LogP contribution is 2.28. The number of anilines is 1. The van der Waals surface area contributed by atoms with Crippen LogP contribution in [0.3, 0.4) is 0 Å². The molecule has 0 aliphatic rings. The normalized spacial score (nSPS) is 11.2. The molecule has 0 saturated carbocycles. The molecule has 0 amide bonds. The van der Waals surface area contributed by atoms with Gasteiger partial charge in [-0.25, -0.2) is 0 Å². The Morgan fingerprint density at radius 3 is 2.52 bits per heavy atom. The quantitative estimate of drug-likeness (QED) is 0.338. The number of unbranched alkanes of at least 4 members (excludes halogenated alkanes) is 2. The number of nitrogens with zero attached hydrogens (tertiary/aromatic N) is 3. The van der Waals surface area contributed by atoms with Gasteiger partial charge in [0.25, 0.3) is 5.69 Å². The summed E-state index contributed by atoms with van der Waals surface area (Å²) in [6.45, 7) is 3.94. The van der Waals surface area contributed by atoms with Gasteiger partial charge in [0.05, 0.1) is 15.9 Å². The van der Waals surface area contributed by atoms with Crippen LogP contribution < -0.4 is 5.43 Å². The topological polar surface area (TPSA) is 111 Å².